The zero-order valence-electron chi connectivity index (χ0n) is 19.8. The second kappa shape index (κ2) is 9.75. The molecule has 0 radical (unpaired) electrons. The monoisotopic (exact) mass is 503 g/mol. The van der Waals surface area contributed by atoms with Crippen LogP contribution in [0.2, 0.25) is 5.02 Å². The fraction of sp³-hybridized carbons (Fsp3) is 0.148. The number of hydrogen-bond donors (Lipinski definition) is 0. The zero-order chi connectivity index (χ0) is 25.2. The summed E-state index contributed by atoms with van der Waals surface area (Å²) >= 11 is 6.14. The van der Waals surface area contributed by atoms with Crippen LogP contribution in [0.3, 0.4) is 0 Å². The minimum atomic E-state index is -0.338. The van der Waals surface area contributed by atoms with Crippen LogP contribution in [-0.4, -0.2) is 36.7 Å². The number of methoxy groups -OCH3 is 2. The lowest BCUT2D eigenvalue weighted by Crippen LogP contribution is -2.20. The number of benzene rings is 3. The average Bonchev–Trinajstić information content (AvgIpc) is 3.31. The van der Waals surface area contributed by atoms with Gasteiger partial charge in [-0.25, -0.2) is 4.98 Å². The van der Waals surface area contributed by atoms with Gasteiger partial charge in [0.25, 0.3) is 5.56 Å². The molecule has 2 aromatic heterocycles. The Morgan fingerprint density at radius 1 is 1.06 bits per heavy atom. The maximum Gasteiger partial charge on any atom is 0.282 e. The van der Waals surface area contributed by atoms with Gasteiger partial charge in [0.1, 0.15) is 5.58 Å². The Kier molecular flexibility index (Phi) is 6.35. The van der Waals surface area contributed by atoms with Crippen LogP contribution in [0.4, 0.5) is 0 Å². The minimum Gasteiger partial charge on any atom is -0.493 e. The molecule has 0 bridgehead atoms. The molecule has 5 rings (SSSR count). The van der Waals surface area contributed by atoms with Crippen molar-refractivity contribution in [3.63, 3.8) is 0 Å². The molecule has 0 fully saturated rings. The van der Waals surface area contributed by atoms with Crippen molar-refractivity contribution < 1.29 is 18.6 Å². The van der Waals surface area contributed by atoms with E-state index >= 15 is 0 Å². The number of aromatic nitrogens is 2. The molecule has 0 saturated carbocycles. The summed E-state index contributed by atoms with van der Waals surface area (Å²) in [4.78, 5) is 18.2. The first-order chi connectivity index (χ1) is 17.5. The Labute approximate surface area is 211 Å². The van der Waals surface area contributed by atoms with Gasteiger partial charge in [-0.3, -0.25) is 4.79 Å². The van der Waals surface area contributed by atoms with Gasteiger partial charge in [0, 0.05) is 16.0 Å². The summed E-state index contributed by atoms with van der Waals surface area (Å²) < 4.78 is 23.9. The molecule has 8 nitrogen and oxygen atoms in total. The Hall–Kier alpha value is -4.30. The second-order valence-corrected chi connectivity index (χ2v) is 8.23. The third kappa shape index (κ3) is 4.27. The summed E-state index contributed by atoms with van der Waals surface area (Å²) in [6.45, 7) is 2.32. The normalized spacial score (nSPS) is 11.4. The number of furan rings is 1. The Bertz CT molecular complexity index is 1650. The summed E-state index contributed by atoms with van der Waals surface area (Å²) in [7, 11) is 3.09. The maximum absolute atomic E-state index is 13.5. The van der Waals surface area contributed by atoms with E-state index in [-0.39, 0.29) is 11.4 Å². The number of halogens is 1. The van der Waals surface area contributed by atoms with Gasteiger partial charge < -0.3 is 18.6 Å². The summed E-state index contributed by atoms with van der Waals surface area (Å²) in [5.74, 6) is 2.10. The van der Waals surface area contributed by atoms with Crippen molar-refractivity contribution in [1.82, 2.24) is 9.66 Å². The van der Waals surface area contributed by atoms with Crippen molar-refractivity contribution in [3.8, 4) is 28.8 Å². The van der Waals surface area contributed by atoms with Crippen molar-refractivity contribution in [3.05, 3.63) is 81.6 Å². The van der Waals surface area contributed by atoms with Crippen LogP contribution in [0.5, 0.6) is 17.2 Å². The highest BCUT2D eigenvalue weighted by Gasteiger charge is 2.17. The molecular formula is C27H22ClN3O5. The highest BCUT2D eigenvalue weighted by atomic mass is 35.5. The molecule has 0 atom stereocenters. The number of rotatable bonds is 7. The first-order valence-corrected chi connectivity index (χ1v) is 11.5. The molecule has 0 unspecified atom stereocenters. The second-order valence-electron chi connectivity index (χ2n) is 7.79. The molecule has 36 heavy (non-hydrogen) atoms. The topological polar surface area (TPSA) is 88.1 Å². The predicted molar refractivity (Wildman–Crippen MR) is 140 cm³/mol. The molecule has 182 valence electrons. The highest BCUT2D eigenvalue weighted by molar-refractivity contribution is 6.31. The molecule has 2 heterocycles. The summed E-state index contributed by atoms with van der Waals surface area (Å²) in [6.07, 6.45) is 1.53. The van der Waals surface area contributed by atoms with Crippen LogP contribution >= 0.6 is 11.6 Å². The summed E-state index contributed by atoms with van der Waals surface area (Å²) in [6, 6.07) is 17.7. The molecule has 5 aromatic rings. The van der Waals surface area contributed by atoms with Gasteiger partial charge in [0.05, 0.1) is 37.9 Å². The third-order valence-corrected chi connectivity index (χ3v) is 5.78. The fourth-order valence-corrected chi connectivity index (χ4v) is 4.08. The van der Waals surface area contributed by atoms with Crippen LogP contribution in [0.1, 0.15) is 12.5 Å². The van der Waals surface area contributed by atoms with Gasteiger partial charge >= 0.3 is 0 Å². The number of hydrogen-bond acceptors (Lipinski definition) is 7. The Balaban J connectivity index is 1.68. The molecule has 0 amide bonds. The number of fused-ring (bicyclic) bond motifs is 2. The van der Waals surface area contributed by atoms with Crippen molar-refractivity contribution in [2.75, 3.05) is 20.8 Å². The van der Waals surface area contributed by atoms with Gasteiger partial charge in [0.15, 0.2) is 17.3 Å². The maximum atomic E-state index is 13.5. The van der Waals surface area contributed by atoms with E-state index in [0.717, 1.165) is 5.39 Å². The number of nitrogens with zero attached hydrogens (tertiary/aromatic N) is 3. The number of para-hydroxylation sites is 1. The lowest BCUT2D eigenvalue weighted by Gasteiger charge is -2.14. The smallest absolute Gasteiger partial charge is 0.282 e. The van der Waals surface area contributed by atoms with Crippen molar-refractivity contribution in [1.29, 1.82) is 0 Å². The van der Waals surface area contributed by atoms with Gasteiger partial charge in [-0.2, -0.15) is 9.78 Å². The van der Waals surface area contributed by atoms with Crippen LogP contribution in [0.25, 0.3) is 33.5 Å². The minimum absolute atomic E-state index is 0.257. The van der Waals surface area contributed by atoms with E-state index < -0.39 is 0 Å². The fourth-order valence-electron chi connectivity index (χ4n) is 3.90. The number of ether oxygens (including phenoxy) is 3. The zero-order valence-corrected chi connectivity index (χ0v) is 20.6. The van der Waals surface area contributed by atoms with Gasteiger partial charge in [-0.1, -0.05) is 23.7 Å². The third-order valence-electron chi connectivity index (χ3n) is 5.55. The largest absolute Gasteiger partial charge is 0.493 e. The van der Waals surface area contributed by atoms with E-state index in [1.165, 1.54) is 10.9 Å². The lowest BCUT2D eigenvalue weighted by atomic mass is 10.2. The van der Waals surface area contributed by atoms with E-state index in [0.29, 0.717) is 56.7 Å². The van der Waals surface area contributed by atoms with Crippen molar-refractivity contribution in [2.45, 2.75) is 6.92 Å². The first-order valence-electron chi connectivity index (χ1n) is 11.2. The van der Waals surface area contributed by atoms with Crippen LogP contribution in [-0.2, 0) is 0 Å². The van der Waals surface area contributed by atoms with Crippen LogP contribution < -0.4 is 19.8 Å². The highest BCUT2D eigenvalue weighted by Crippen LogP contribution is 2.38. The van der Waals surface area contributed by atoms with E-state index in [4.69, 9.17) is 35.2 Å². The molecule has 9 heteroatoms. The summed E-state index contributed by atoms with van der Waals surface area (Å²) in [5, 5.41) is 6.29. The van der Waals surface area contributed by atoms with E-state index in [9.17, 15) is 4.79 Å². The van der Waals surface area contributed by atoms with Crippen molar-refractivity contribution >= 4 is 39.7 Å². The molecule has 0 spiro atoms. The van der Waals surface area contributed by atoms with Gasteiger partial charge in [-0.15, -0.1) is 0 Å². The molecular weight excluding hydrogens is 482 g/mol. The molecule has 0 saturated heterocycles. The molecule has 0 aliphatic rings. The molecule has 0 N–H and O–H groups in total. The predicted octanol–water partition coefficient (Wildman–Crippen LogP) is 5.76. The average molecular weight is 504 g/mol. The van der Waals surface area contributed by atoms with Crippen molar-refractivity contribution in [2.24, 2.45) is 5.10 Å². The van der Waals surface area contributed by atoms with Crippen LogP contribution in [0, 0.1) is 0 Å². The lowest BCUT2D eigenvalue weighted by molar-refractivity contribution is 0.288. The van der Waals surface area contributed by atoms with E-state index in [1.807, 2.05) is 13.0 Å². The quantitative estimate of drug-likeness (QED) is 0.262. The molecule has 0 aliphatic carbocycles. The summed E-state index contributed by atoms with van der Waals surface area (Å²) in [5.41, 5.74) is 1.45. The van der Waals surface area contributed by atoms with Crippen LogP contribution in [0.15, 0.2) is 75.0 Å². The van der Waals surface area contributed by atoms with Gasteiger partial charge in [0.2, 0.25) is 11.6 Å². The SMILES string of the molecule is CCOc1c(OC)cc(C=Nn2c(-c3cc4cc(Cl)ccc4o3)nc3ccccc3c2=O)cc1OC. The molecule has 3 aromatic carbocycles. The van der Waals surface area contributed by atoms with Gasteiger partial charge in [-0.05, 0) is 55.5 Å². The Morgan fingerprint density at radius 3 is 2.53 bits per heavy atom. The standard InChI is InChI=1S/C27H22ClN3O5/c1-4-35-25-22(33-2)11-16(12-23(25)34-3)15-29-31-26(30-20-8-6-5-7-19(20)27(31)32)24-14-17-13-18(28)9-10-21(17)36-24/h5-15H,4H2,1-3H3. The first kappa shape index (κ1) is 23.4. The van der Waals surface area contributed by atoms with E-state index in [1.54, 1.807) is 68.8 Å². The Morgan fingerprint density at radius 2 is 1.81 bits per heavy atom. The molecule has 0 aliphatic heterocycles. The van der Waals surface area contributed by atoms with E-state index in [2.05, 4.69) is 5.10 Å².